The Kier molecular flexibility index (Phi) is 11.1. The summed E-state index contributed by atoms with van der Waals surface area (Å²) in [6.07, 6.45) is 3.70. The predicted octanol–water partition coefficient (Wildman–Crippen LogP) is 4.32. The maximum atomic E-state index is 13.8. The van der Waals surface area contributed by atoms with Crippen LogP contribution in [0, 0.1) is 0 Å². The van der Waals surface area contributed by atoms with Crippen molar-refractivity contribution in [2.24, 2.45) is 0 Å². The number of aliphatic hydroxyl groups excluding tert-OH is 1. The van der Waals surface area contributed by atoms with Crippen LogP contribution in [0.4, 0.5) is 0 Å². The van der Waals surface area contributed by atoms with E-state index in [9.17, 15) is 14.7 Å². The van der Waals surface area contributed by atoms with Crippen LogP contribution in [0.2, 0.25) is 10.0 Å². The second-order valence-electron chi connectivity index (χ2n) is 10.7. The van der Waals surface area contributed by atoms with Gasteiger partial charge in [-0.15, -0.1) is 0 Å². The lowest BCUT2D eigenvalue weighted by atomic mass is 9.95. The molecule has 0 radical (unpaired) electrons. The van der Waals surface area contributed by atoms with Crippen molar-refractivity contribution < 1.29 is 14.7 Å². The maximum absolute atomic E-state index is 13.8. The van der Waals surface area contributed by atoms with Crippen molar-refractivity contribution >= 4 is 35.0 Å². The molecule has 212 valence electrons. The molecule has 7 nitrogen and oxygen atoms in total. The van der Waals surface area contributed by atoms with Crippen LogP contribution in [0.1, 0.15) is 60.9 Å². The molecule has 3 N–H and O–H groups in total. The minimum Gasteiger partial charge on any atom is -0.393 e. The predicted molar refractivity (Wildman–Crippen MR) is 156 cm³/mol. The summed E-state index contributed by atoms with van der Waals surface area (Å²) in [6.45, 7) is 6.37. The quantitative estimate of drug-likeness (QED) is 0.393. The zero-order chi connectivity index (χ0) is 27.8. The first-order valence-electron chi connectivity index (χ1n) is 14.1. The lowest BCUT2D eigenvalue weighted by molar-refractivity contribution is -0.133. The van der Waals surface area contributed by atoms with E-state index in [1.807, 2.05) is 11.0 Å². The molecule has 0 bridgehead atoms. The van der Waals surface area contributed by atoms with Gasteiger partial charge in [0.05, 0.1) is 22.2 Å². The third-order valence-corrected chi connectivity index (χ3v) is 8.72. The van der Waals surface area contributed by atoms with Gasteiger partial charge in [0, 0.05) is 56.8 Å². The first-order valence-corrected chi connectivity index (χ1v) is 14.8. The Morgan fingerprint density at radius 3 is 2.51 bits per heavy atom. The summed E-state index contributed by atoms with van der Waals surface area (Å²) in [5, 5.41) is 17.2. The highest BCUT2D eigenvalue weighted by molar-refractivity contribution is 6.42. The molecular weight excluding hydrogens is 535 g/mol. The standard InChI is InChI=1S/C30H40Cl2N4O3/c1-2-21(22-6-4-3-5-7-22)20-36-17-10-24(19-33-29(38)23-8-9-26(31)27(32)18-23)34-28(30(36)39)13-16-35-14-11-25(37)12-15-35/h3-9,18,21,24-25,28,34,37H,2,10-17,19-20H2,1H3,(H,33,38)/t21-,24-,28-/m1/s1. The largest absolute Gasteiger partial charge is 0.393 e. The van der Waals surface area contributed by atoms with E-state index in [2.05, 4.69) is 46.7 Å². The van der Waals surface area contributed by atoms with E-state index >= 15 is 0 Å². The summed E-state index contributed by atoms with van der Waals surface area (Å²) in [5.41, 5.74) is 1.70. The lowest BCUT2D eigenvalue weighted by Gasteiger charge is -2.32. The fourth-order valence-corrected chi connectivity index (χ4v) is 5.80. The number of rotatable bonds is 10. The number of hydrogen-bond donors (Lipinski definition) is 3. The smallest absolute Gasteiger partial charge is 0.251 e. The van der Waals surface area contributed by atoms with Gasteiger partial charge in [-0.05, 0) is 55.9 Å². The maximum Gasteiger partial charge on any atom is 0.251 e. The molecule has 3 atom stereocenters. The highest BCUT2D eigenvalue weighted by atomic mass is 35.5. The Morgan fingerprint density at radius 2 is 1.82 bits per heavy atom. The molecule has 9 heteroatoms. The number of nitrogens with zero attached hydrogens (tertiary/aromatic N) is 2. The van der Waals surface area contributed by atoms with Crippen LogP contribution in [-0.4, -0.2) is 84.2 Å². The molecule has 2 heterocycles. The van der Waals surface area contributed by atoms with Crippen molar-refractivity contribution in [3.63, 3.8) is 0 Å². The van der Waals surface area contributed by atoms with Gasteiger partial charge < -0.3 is 25.5 Å². The Hall–Kier alpha value is -2.16. The van der Waals surface area contributed by atoms with Crippen molar-refractivity contribution in [1.82, 2.24) is 20.4 Å². The molecule has 0 spiro atoms. The highest BCUT2D eigenvalue weighted by Gasteiger charge is 2.32. The van der Waals surface area contributed by atoms with Gasteiger partial charge in [0.15, 0.2) is 0 Å². The van der Waals surface area contributed by atoms with E-state index < -0.39 is 0 Å². The molecule has 0 aliphatic carbocycles. The molecule has 2 aromatic carbocycles. The van der Waals surface area contributed by atoms with E-state index in [0.717, 1.165) is 45.3 Å². The molecule has 0 saturated carbocycles. The van der Waals surface area contributed by atoms with Crippen molar-refractivity contribution in [1.29, 1.82) is 0 Å². The fraction of sp³-hybridized carbons (Fsp3) is 0.533. The topological polar surface area (TPSA) is 84.9 Å². The molecule has 2 aliphatic heterocycles. The molecule has 2 saturated heterocycles. The van der Waals surface area contributed by atoms with E-state index in [4.69, 9.17) is 23.2 Å². The first-order chi connectivity index (χ1) is 18.8. The minimum absolute atomic E-state index is 0.0457. The van der Waals surface area contributed by atoms with Gasteiger partial charge in [-0.25, -0.2) is 0 Å². The van der Waals surface area contributed by atoms with Gasteiger partial charge in [-0.2, -0.15) is 0 Å². The van der Waals surface area contributed by atoms with Crippen LogP contribution in [0.3, 0.4) is 0 Å². The van der Waals surface area contributed by atoms with Gasteiger partial charge in [-0.3, -0.25) is 9.59 Å². The van der Waals surface area contributed by atoms with E-state index in [1.54, 1.807) is 18.2 Å². The number of carbonyl (C=O) groups excluding carboxylic acids is 2. The van der Waals surface area contributed by atoms with Gasteiger partial charge in [0.1, 0.15) is 0 Å². The van der Waals surface area contributed by atoms with Crippen molar-refractivity contribution in [2.45, 2.75) is 63.1 Å². The van der Waals surface area contributed by atoms with Crippen molar-refractivity contribution in [3.8, 4) is 0 Å². The van der Waals surface area contributed by atoms with E-state index in [1.165, 1.54) is 5.56 Å². The first kappa shape index (κ1) is 29.8. The highest BCUT2D eigenvalue weighted by Crippen LogP contribution is 2.24. The van der Waals surface area contributed by atoms with Crippen LogP contribution < -0.4 is 10.6 Å². The average Bonchev–Trinajstić information content (AvgIpc) is 3.10. The molecule has 2 fully saturated rings. The van der Waals surface area contributed by atoms with E-state index in [0.29, 0.717) is 41.7 Å². The number of carbonyl (C=O) groups is 2. The monoisotopic (exact) mass is 574 g/mol. The second-order valence-corrected chi connectivity index (χ2v) is 11.5. The zero-order valence-electron chi connectivity index (χ0n) is 22.6. The summed E-state index contributed by atoms with van der Waals surface area (Å²) >= 11 is 12.1. The number of nitrogens with one attached hydrogen (secondary N) is 2. The van der Waals surface area contributed by atoms with Gasteiger partial charge in [-0.1, -0.05) is 60.5 Å². The number of piperidine rings is 1. The lowest BCUT2D eigenvalue weighted by Crippen LogP contribution is -2.50. The van der Waals surface area contributed by atoms with Crippen LogP contribution in [0.15, 0.2) is 48.5 Å². The number of benzene rings is 2. The fourth-order valence-electron chi connectivity index (χ4n) is 5.50. The summed E-state index contributed by atoms with van der Waals surface area (Å²) in [5.74, 6) is 0.173. The summed E-state index contributed by atoms with van der Waals surface area (Å²) in [4.78, 5) is 31.0. The van der Waals surface area contributed by atoms with Gasteiger partial charge >= 0.3 is 0 Å². The Morgan fingerprint density at radius 1 is 1.08 bits per heavy atom. The van der Waals surface area contributed by atoms with E-state index in [-0.39, 0.29) is 35.9 Å². The normalized spacial score (nSPS) is 21.9. The van der Waals surface area contributed by atoms with Crippen LogP contribution >= 0.6 is 23.2 Å². The SMILES string of the molecule is CC[C@H](CN1CC[C@H](CNC(=O)c2ccc(Cl)c(Cl)c2)N[C@H](CCN2CCC(O)CC2)C1=O)c1ccccc1. The molecule has 2 amide bonds. The molecule has 0 unspecified atom stereocenters. The van der Waals surface area contributed by atoms with Crippen molar-refractivity contribution in [3.05, 3.63) is 69.7 Å². The Labute approximate surface area is 241 Å². The third kappa shape index (κ3) is 8.41. The molecule has 2 aromatic rings. The Balaban J connectivity index is 1.43. The molecule has 4 rings (SSSR count). The van der Waals surface area contributed by atoms with Gasteiger partial charge in [0.25, 0.3) is 5.91 Å². The minimum atomic E-state index is -0.334. The molecule has 0 aromatic heterocycles. The summed E-state index contributed by atoms with van der Waals surface area (Å²) < 4.78 is 0. The third-order valence-electron chi connectivity index (χ3n) is 7.98. The number of halogens is 2. The number of aliphatic hydroxyl groups is 1. The van der Waals surface area contributed by atoms with Crippen molar-refractivity contribution in [2.75, 3.05) is 39.3 Å². The Bertz CT molecular complexity index is 1090. The van der Waals surface area contributed by atoms with Gasteiger partial charge in [0.2, 0.25) is 5.91 Å². The average molecular weight is 576 g/mol. The summed E-state index contributed by atoms with van der Waals surface area (Å²) in [7, 11) is 0. The molecular formula is C30H40Cl2N4O3. The number of likely N-dealkylation sites (tertiary alicyclic amines) is 1. The van der Waals surface area contributed by atoms with Crippen LogP contribution in [0.5, 0.6) is 0 Å². The zero-order valence-corrected chi connectivity index (χ0v) is 24.1. The molecule has 2 aliphatic rings. The second kappa shape index (κ2) is 14.5. The number of hydrogen-bond acceptors (Lipinski definition) is 5. The van der Waals surface area contributed by atoms with Crippen LogP contribution in [0.25, 0.3) is 0 Å². The molecule has 39 heavy (non-hydrogen) atoms. The number of amides is 2. The van der Waals surface area contributed by atoms with Crippen LogP contribution in [-0.2, 0) is 4.79 Å². The summed E-state index contributed by atoms with van der Waals surface area (Å²) in [6, 6.07) is 14.9.